The number of piperidine rings is 1. The molecule has 1 N–H and O–H groups in total. The predicted octanol–water partition coefficient (Wildman–Crippen LogP) is 2.53. The summed E-state index contributed by atoms with van der Waals surface area (Å²) in [5.74, 6) is -0.238. The number of benzene rings is 1. The molecule has 1 aliphatic heterocycles. The average Bonchev–Trinajstić information content (AvgIpc) is 3.29. The fourth-order valence-electron chi connectivity index (χ4n) is 3.44. The maximum atomic E-state index is 12.9. The van der Waals surface area contributed by atoms with E-state index in [1.807, 2.05) is 24.3 Å². The lowest BCUT2D eigenvalue weighted by Crippen LogP contribution is -2.43. The van der Waals surface area contributed by atoms with Gasteiger partial charge in [-0.05, 0) is 25.0 Å². The normalized spacial score (nSPS) is 16.9. The summed E-state index contributed by atoms with van der Waals surface area (Å²) >= 11 is 1.45. The van der Waals surface area contributed by atoms with Crippen LogP contribution in [-0.4, -0.2) is 51.7 Å². The van der Waals surface area contributed by atoms with Gasteiger partial charge in [0.25, 0.3) is 5.91 Å². The van der Waals surface area contributed by atoms with Crippen LogP contribution in [0.3, 0.4) is 0 Å². The first-order valence-corrected chi connectivity index (χ1v) is 9.90. The molecule has 0 radical (unpaired) electrons. The van der Waals surface area contributed by atoms with Crippen LogP contribution in [0.25, 0.3) is 10.2 Å². The Morgan fingerprint density at radius 3 is 2.93 bits per heavy atom. The molecule has 0 aliphatic carbocycles. The fraction of sp³-hybridized carbons (Fsp3) is 0.368. The van der Waals surface area contributed by atoms with Gasteiger partial charge >= 0.3 is 0 Å². The van der Waals surface area contributed by atoms with Gasteiger partial charge in [0.2, 0.25) is 11.8 Å². The highest BCUT2D eigenvalue weighted by Gasteiger charge is 2.31. The number of amides is 2. The largest absolute Gasteiger partial charge is 0.479 e. The minimum Gasteiger partial charge on any atom is -0.479 e. The first kappa shape index (κ1) is 18.4. The number of hydrogen-bond donors (Lipinski definition) is 1. The lowest BCUT2D eigenvalue weighted by atomic mass is 9.96. The highest BCUT2D eigenvalue weighted by Crippen LogP contribution is 2.27. The van der Waals surface area contributed by atoms with E-state index < -0.39 is 0 Å². The van der Waals surface area contributed by atoms with Crippen LogP contribution >= 0.6 is 11.3 Å². The number of aromatic nitrogens is 3. The third-order valence-electron chi connectivity index (χ3n) is 4.82. The summed E-state index contributed by atoms with van der Waals surface area (Å²) in [7, 11) is 3.23. The Bertz CT molecular complexity index is 995. The smallest absolute Gasteiger partial charge is 0.260 e. The maximum Gasteiger partial charge on any atom is 0.260 e. The molecule has 0 bridgehead atoms. The third-order valence-corrected chi connectivity index (χ3v) is 5.77. The van der Waals surface area contributed by atoms with E-state index in [0.717, 1.165) is 23.1 Å². The molecule has 2 amide bonds. The van der Waals surface area contributed by atoms with E-state index in [9.17, 15) is 9.59 Å². The first-order chi connectivity index (χ1) is 13.5. The standard InChI is InChI=1S/C19H21N5O3S/c1-23-11-13(17(22-23)27-2)18(26)24-9-5-6-12(10-24)16(25)21-19-20-14-7-3-4-8-15(14)28-19/h3-4,7-8,11-12H,5-6,9-10H2,1-2H3,(H,20,21,25)/t12-/m1/s1. The number of likely N-dealkylation sites (tertiary alicyclic amines) is 1. The zero-order valence-corrected chi connectivity index (χ0v) is 16.5. The van der Waals surface area contributed by atoms with E-state index in [0.29, 0.717) is 29.7 Å². The van der Waals surface area contributed by atoms with Gasteiger partial charge in [0.1, 0.15) is 5.56 Å². The van der Waals surface area contributed by atoms with Gasteiger partial charge in [-0.25, -0.2) is 4.98 Å². The van der Waals surface area contributed by atoms with Crippen LogP contribution in [0.15, 0.2) is 30.5 Å². The monoisotopic (exact) mass is 399 g/mol. The molecule has 1 atom stereocenters. The van der Waals surface area contributed by atoms with Crippen molar-refractivity contribution in [2.75, 3.05) is 25.5 Å². The van der Waals surface area contributed by atoms with E-state index in [2.05, 4.69) is 15.4 Å². The average molecular weight is 399 g/mol. The van der Waals surface area contributed by atoms with E-state index in [1.54, 1.807) is 22.8 Å². The SMILES string of the molecule is COc1nn(C)cc1C(=O)N1CCC[C@@H](C(=O)Nc2nc3ccccc3s2)C1. The Hall–Kier alpha value is -2.94. The molecular formula is C19H21N5O3S. The number of nitrogens with one attached hydrogen (secondary N) is 1. The number of carbonyl (C=O) groups is 2. The molecule has 1 aromatic carbocycles. The molecule has 0 unspecified atom stereocenters. The quantitative estimate of drug-likeness (QED) is 0.728. The van der Waals surface area contributed by atoms with Gasteiger partial charge in [-0.15, -0.1) is 5.10 Å². The van der Waals surface area contributed by atoms with E-state index in [4.69, 9.17) is 4.74 Å². The molecule has 4 rings (SSSR count). The minimum absolute atomic E-state index is 0.102. The molecule has 146 valence electrons. The van der Waals surface area contributed by atoms with Crippen LogP contribution in [0, 0.1) is 5.92 Å². The highest BCUT2D eigenvalue weighted by atomic mass is 32.1. The van der Waals surface area contributed by atoms with Crippen LogP contribution in [0.4, 0.5) is 5.13 Å². The summed E-state index contributed by atoms with van der Waals surface area (Å²) in [5.41, 5.74) is 1.28. The second-order valence-electron chi connectivity index (χ2n) is 6.79. The number of aryl methyl sites for hydroxylation is 1. The van der Waals surface area contributed by atoms with Crippen LogP contribution in [-0.2, 0) is 11.8 Å². The van der Waals surface area contributed by atoms with Gasteiger partial charge in [-0.1, -0.05) is 23.5 Å². The van der Waals surface area contributed by atoms with Crippen molar-refractivity contribution in [3.05, 3.63) is 36.0 Å². The number of thiazole rings is 1. The zero-order chi connectivity index (χ0) is 19.7. The number of ether oxygens (including phenoxy) is 1. The zero-order valence-electron chi connectivity index (χ0n) is 15.7. The van der Waals surface area contributed by atoms with Gasteiger partial charge < -0.3 is 15.0 Å². The van der Waals surface area contributed by atoms with Crippen molar-refractivity contribution in [1.29, 1.82) is 0 Å². The molecule has 3 heterocycles. The van der Waals surface area contributed by atoms with Gasteiger partial charge in [-0.3, -0.25) is 14.3 Å². The number of anilines is 1. The molecular weight excluding hydrogens is 378 g/mol. The number of methoxy groups -OCH3 is 1. The molecule has 2 aromatic heterocycles. The van der Waals surface area contributed by atoms with Crippen molar-refractivity contribution in [2.45, 2.75) is 12.8 Å². The summed E-state index contributed by atoms with van der Waals surface area (Å²) in [6.45, 7) is 0.982. The molecule has 1 fully saturated rings. The van der Waals surface area contributed by atoms with Crippen molar-refractivity contribution in [1.82, 2.24) is 19.7 Å². The minimum atomic E-state index is -0.271. The number of rotatable bonds is 4. The summed E-state index contributed by atoms with van der Waals surface area (Å²) in [6.07, 6.45) is 3.16. The van der Waals surface area contributed by atoms with Crippen LogP contribution in [0.2, 0.25) is 0 Å². The fourth-order valence-corrected chi connectivity index (χ4v) is 4.31. The summed E-state index contributed by atoms with van der Waals surface area (Å²) < 4.78 is 7.77. The lowest BCUT2D eigenvalue weighted by molar-refractivity contribution is -0.121. The van der Waals surface area contributed by atoms with Gasteiger partial charge in [0.15, 0.2) is 5.13 Å². The number of carbonyl (C=O) groups excluding carboxylic acids is 2. The van der Waals surface area contributed by atoms with Crippen molar-refractivity contribution < 1.29 is 14.3 Å². The summed E-state index contributed by atoms with van der Waals surface area (Å²) in [4.78, 5) is 31.8. The van der Waals surface area contributed by atoms with Gasteiger partial charge in [0.05, 0.1) is 23.2 Å². The van der Waals surface area contributed by atoms with Gasteiger partial charge in [-0.2, -0.15) is 0 Å². The van der Waals surface area contributed by atoms with Crippen molar-refractivity contribution in [3.63, 3.8) is 0 Å². The van der Waals surface area contributed by atoms with Gasteiger partial charge in [0, 0.05) is 26.3 Å². The molecule has 8 nitrogen and oxygen atoms in total. The topological polar surface area (TPSA) is 89.4 Å². The number of hydrogen-bond acceptors (Lipinski definition) is 6. The van der Waals surface area contributed by atoms with Crippen molar-refractivity contribution in [2.24, 2.45) is 13.0 Å². The van der Waals surface area contributed by atoms with Crippen LogP contribution < -0.4 is 10.1 Å². The molecule has 0 spiro atoms. The highest BCUT2D eigenvalue weighted by molar-refractivity contribution is 7.22. The van der Waals surface area contributed by atoms with E-state index >= 15 is 0 Å². The summed E-state index contributed by atoms with van der Waals surface area (Å²) in [6, 6.07) is 7.77. The second-order valence-corrected chi connectivity index (χ2v) is 7.82. The Balaban J connectivity index is 1.45. The first-order valence-electron chi connectivity index (χ1n) is 9.08. The number of para-hydroxylation sites is 1. The van der Waals surface area contributed by atoms with Crippen LogP contribution in [0.5, 0.6) is 5.88 Å². The molecule has 28 heavy (non-hydrogen) atoms. The van der Waals surface area contributed by atoms with Crippen LogP contribution in [0.1, 0.15) is 23.2 Å². The third kappa shape index (κ3) is 3.57. The molecule has 3 aromatic rings. The lowest BCUT2D eigenvalue weighted by Gasteiger charge is -2.31. The number of nitrogens with zero attached hydrogens (tertiary/aromatic N) is 4. The Kier molecular flexibility index (Phi) is 4.99. The van der Waals surface area contributed by atoms with Crippen molar-refractivity contribution in [3.8, 4) is 5.88 Å². The van der Waals surface area contributed by atoms with E-state index in [-0.39, 0.29) is 17.7 Å². The van der Waals surface area contributed by atoms with E-state index in [1.165, 1.54) is 18.4 Å². The number of fused-ring (bicyclic) bond motifs is 1. The van der Waals surface area contributed by atoms with Crippen molar-refractivity contribution >= 4 is 38.5 Å². The Morgan fingerprint density at radius 1 is 1.32 bits per heavy atom. The Labute approximate surface area is 166 Å². The summed E-state index contributed by atoms with van der Waals surface area (Å²) in [5, 5.41) is 7.64. The molecule has 9 heteroatoms. The molecule has 0 saturated carbocycles. The molecule has 1 aliphatic rings. The maximum absolute atomic E-state index is 12.9. The predicted molar refractivity (Wildman–Crippen MR) is 107 cm³/mol. The second kappa shape index (κ2) is 7.59. The molecule has 1 saturated heterocycles. The Morgan fingerprint density at radius 2 is 2.14 bits per heavy atom.